The minimum absolute atomic E-state index is 0.0637. The highest BCUT2D eigenvalue weighted by atomic mass is 16.3. The molecule has 9 aromatic rings. The average molecular weight is 855 g/mol. The molecule has 9 rings (SSSR count). The van der Waals surface area contributed by atoms with Gasteiger partial charge in [-0.3, -0.25) is 9.55 Å². The summed E-state index contributed by atoms with van der Waals surface area (Å²) in [5.41, 5.74) is 15.6. The lowest BCUT2D eigenvalue weighted by molar-refractivity contribution is 0.472. The molecule has 0 saturated heterocycles. The summed E-state index contributed by atoms with van der Waals surface area (Å²) in [6.45, 7) is 15.1. The van der Waals surface area contributed by atoms with Crippen molar-refractivity contribution in [2.45, 2.75) is 86.4 Å². The van der Waals surface area contributed by atoms with Gasteiger partial charge in [0, 0.05) is 24.2 Å². The fourth-order valence-electron chi connectivity index (χ4n) is 8.79. The molecule has 0 fully saturated rings. The normalized spacial score (nSPS) is 13.5. The first-order valence-electron chi connectivity index (χ1n) is 24.9. The number of para-hydroxylation sites is 1. The van der Waals surface area contributed by atoms with Crippen LogP contribution in [0.1, 0.15) is 100 Å². The van der Waals surface area contributed by atoms with Crippen LogP contribution in [0.25, 0.3) is 83.9 Å². The van der Waals surface area contributed by atoms with Gasteiger partial charge in [-0.25, -0.2) is 4.98 Å². The molecule has 0 aliphatic carbocycles. The predicted molar refractivity (Wildman–Crippen MR) is 274 cm³/mol. The number of pyridine rings is 1. The Morgan fingerprint density at radius 2 is 1.22 bits per heavy atom. The maximum absolute atomic E-state index is 11.8. The molecule has 324 valence electrons. The van der Waals surface area contributed by atoms with E-state index in [4.69, 9.17) is 16.8 Å². The van der Waals surface area contributed by atoms with Crippen LogP contribution in [-0.2, 0) is 5.41 Å². The molecule has 0 unspecified atom stereocenters. The zero-order valence-electron chi connectivity index (χ0n) is 43.8. The summed E-state index contributed by atoms with van der Waals surface area (Å²) >= 11 is 0. The summed E-state index contributed by atoms with van der Waals surface area (Å²) in [5.74, 6) is -1.44. The molecule has 0 radical (unpaired) electrons. The van der Waals surface area contributed by atoms with Crippen LogP contribution >= 0.6 is 0 Å². The van der Waals surface area contributed by atoms with E-state index in [1.54, 1.807) is 6.07 Å². The van der Waals surface area contributed by atoms with Crippen molar-refractivity contribution >= 4 is 11.0 Å². The second-order valence-corrected chi connectivity index (χ2v) is 18.9. The standard InChI is InChI=1S/C61H59N3O/c1-37(2)47-30-48(38(3)4)32-49(31-47)45-23-24-56(40(6)29-45)64-57-18-14-17-53(58(57)63-60(64)54-28-39(5)27-41(7)59(54)65)50-33-51(35-52(34-50)61(8,9)10)55-36-46(25-26-62-55)44-21-19-43(20-22-44)42-15-12-11-13-16-42/h11-38,65H,1-10H3/i6D3,37D,38D. The maximum atomic E-state index is 11.8. The summed E-state index contributed by atoms with van der Waals surface area (Å²) in [6.07, 6.45) is 1.86. The number of aromatic hydroxyl groups is 1. The van der Waals surface area contributed by atoms with Crippen LogP contribution in [0.2, 0.25) is 0 Å². The first kappa shape index (κ1) is 37.3. The summed E-state index contributed by atoms with van der Waals surface area (Å²) in [7, 11) is 0. The number of nitrogens with zero attached hydrogens (tertiary/aromatic N) is 3. The Morgan fingerprint density at radius 1 is 0.569 bits per heavy atom. The predicted octanol–water partition coefficient (Wildman–Crippen LogP) is 16.6. The molecule has 2 aromatic heterocycles. The van der Waals surface area contributed by atoms with E-state index in [1.165, 1.54) is 5.56 Å². The van der Waals surface area contributed by atoms with Gasteiger partial charge in [-0.15, -0.1) is 0 Å². The van der Waals surface area contributed by atoms with Gasteiger partial charge >= 0.3 is 0 Å². The third-order valence-electron chi connectivity index (χ3n) is 12.5. The Hall–Kier alpha value is -7.04. The Bertz CT molecular complexity index is 3410. The van der Waals surface area contributed by atoms with Gasteiger partial charge in [0.15, 0.2) is 0 Å². The Labute approximate surface area is 392 Å². The maximum Gasteiger partial charge on any atom is 0.149 e. The van der Waals surface area contributed by atoms with Crippen LogP contribution in [0.4, 0.5) is 0 Å². The van der Waals surface area contributed by atoms with Crippen molar-refractivity contribution in [3.63, 3.8) is 0 Å². The Morgan fingerprint density at radius 3 is 1.89 bits per heavy atom. The largest absolute Gasteiger partial charge is 0.507 e. The van der Waals surface area contributed by atoms with E-state index in [0.717, 1.165) is 66.9 Å². The van der Waals surface area contributed by atoms with Crippen molar-refractivity contribution in [2.24, 2.45) is 0 Å². The van der Waals surface area contributed by atoms with Gasteiger partial charge in [0.05, 0.1) is 28.0 Å². The minimum atomic E-state index is -2.58. The Balaban J connectivity index is 1.25. The minimum Gasteiger partial charge on any atom is -0.507 e. The number of imidazole rings is 1. The van der Waals surface area contributed by atoms with Gasteiger partial charge in [0.25, 0.3) is 0 Å². The number of aryl methyl sites for hydroxylation is 3. The number of hydrogen-bond acceptors (Lipinski definition) is 3. The van der Waals surface area contributed by atoms with Gasteiger partial charge in [0.1, 0.15) is 11.6 Å². The van der Waals surface area contributed by atoms with Crippen molar-refractivity contribution in [3.05, 3.63) is 191 Å². The van der Waals surface area contributed by atoms with Crippen LogP contribution in [0.3, 0.4) is 0 Å². The van der Waals surface area contributed by atoms with E-state index >= 15 is 0 Å². The first-order valence-corrected chi connectivity index (χ1v) is 22.4. The molecule has 0 aliphatic rings. The van der Waals surface area contributed by atoms with Crippen molar-refractivity contribution in [3.8, 4) is 78.6 Å². The van der Waals surface area contributed by atoms with Crippen LogP contribution in [0.5, 0.6) is 5.75 Å². The number of phenols is 1. The van der Waals surface area contributed by atoms with Crippen LogP contribution in [-0.4, -0.2) is 19.6 Å². The van der Waals surface area contributed by atoms with Gasteiger partial charge in [-0.2, -0.15) is 0 Å². The molecule has 1 N–H and O–H groups in total. The van der Waals surface area contributed by atoms with Gasteiger partial charge in [-0.05, 0) is 159 Å². The molecule has 7 aromatic carbocycles. The molecule has 0 aliphatic heterocycles. The second kappa shape index (κ2) is 17.2. The lowest BCUT2D eigenvalue weighted by atomic mass is 9.83. The van der Waals surface area contributed by atoms with Crippen molar-refractivity contribution in [1.82, 2.24) is 14.5 Å². The number of fused-ring (bicyclic) bond motifs is 1. The van der Waals surface area contributed by atoms with Crippen LogP contribution in [0.15, 0.2) is 158 Å². The quantitative estimate of drug-likeness (QED) is 0.157. The van der Waals surface area contributed by atoms with Crippen LogP contribution in [0, 0.1) is 20.7 Å². The van der Waals surface area contributed by atoms with E-state index in [9.17, 15) is 5.11 Å². The average Bonchev–Trinajstić information content (AvgIpc) is 3.71. The third kappa shape index (κ3) is 8.54. The highest BCUT2D eigenvalue weighted by molar-refractivity contribution is 5.97. The van der Waals surface area contributed by atoms with E-state index in [-0.39, 0.29) is 16.7 Å². The summed E-state index contributed by atoms with van der Waals surface area (Å²) < 4.78 is 46.7. The molecule has 0 atom stereocenters. The molecule has 4 heteroatoms. The number of benzene rings is 7. The van der Waals surface area contributed by atoms with Crippen molar-refractivity contribution < 1.29 is 12.0 Å². The lowest BCUT2D eigenvalue weighted by Gasteiger charge is -2.22. The van der Waals surface area contributed by atoms with E-state index < -0.39 is 18.6 Å². The van der Waals surface area contributed by atoms with Gasteiger partial charge in [0.2, 0.25) is 0 Å². The molecule has 2 heterocycles. The zero-order valence-corrected chi connectivity index (χ0v) is 38.8. The molecule has 0 amide bonds. The summed E-state index contributed by atoms with van der Waals surface area (Å²) in [6, 6.07) is 50.7. The summed E-state index contributed by atoms with van der Waals surface area (Å²) in [4.78, 5) is 10.3. The smallest absolute Gasteiger partial charge is 0.149 e. The van der Waals surface area contributed by atoms with Crippen LogP contribution < -0.4 is 0 Å². The molecule has 65 heavy (non-hydrogen) atoms. The van der Waals surface area contributed by atoms with E-state index in [2.05, 4.69) is 99.6 Å². The van der Waals surface area contributed by atoms with Gasteiger partial charge in [-0.1, -0.05) is 152 Å². The Kier molecular flexibility index (Phi) is 9.86. The third-order valence-corrected chi connectivity index (χ3v) is 12.5. The molecular formula is C61H59N3O. The highest BCUT2D eigenvalue weighted by Gasteiger charge is 2.24. The number of rotatable bonds is 9. The monoisotopic (exact) mass is 854 g/mol. The molecule has 0 bridgehead atoms. The van der Waals surface area contributed by atoms with E-state index in [1.807, 2.05) is 119 Å². The highest BCUT2D eigenvalue weighted by Crippen LogP contribution is 2.42. The molecule has 0 saturated carbocycles. The second-order valence-electron chi connectivity index (χ2n) is 18.9. The van der Waals surface area contributed by atoms with Crippen molar-refractivity contribution in [2.75, 3.05) is 0 Å². The number of hydrogen-bond donors (Lipinski definition) is 1. The molecule has 4 nitrogen and oxygen atoms in total. The molecular weight excluding hydrogens is 791 g/mol. The fraction of sp³-hybridized carbons (Fsp3) is 0.213. The number of aromatic nitrogens is 3. The molecule has 0 spiro atoms. The zero-order chi connectivity index (χ0) is 50.1. The lowest BCUT2D eigenvalue weighted by Crippen LogP contribution is -2.11. The summed E-state index contributed by atoms with van der Waals surface area (Å²) in [5, 5.41) is 11.8. The van der Waals surface area contributed by atoms with E-state index in [0.29, 0.717) is 39.2 Å². The topological polar surface area (TPSA) is 50.9 Å². The van der Waals surface area contributed by atoms with Crippen molar-refractivity contribution in [1.29, 1.82) is 0 Å². The first-order chi connectivity index (χ1) is 32.9. The SMILES string of the molecule is [2H]C([2H])([2H])c1cc(-c2cc(C([2H])(C)C)cc(C([2H])(C)C)c2)ccc1-n1c(-c2cc(C)cc(C)c2O)nc2c(-c3cc(-c4cc(-c5ccc(-c6ccccc6)cc5)ccn4)cc(C(C)(C)C)c3)cccc21. The van der Waals surface area contributed by atoms with Gasteiger partial charge < -0.3 is 5.11 Å². The fourth-order valence-corrected chi connectivity index (χ4v) is 8.79. The number of phenolic OH excluding ortho intramolecular Hbond substituents is 1.